The average Bonchev–Trinajstić information content (AvgIpc) is 3.74. The second-order valence-corrected chi connectivity index (χ2v) is 11.8. The smallest absolute Gasteiger partial charge is 0.442 e. The Labute approximate surface area is 240 Å². The number of methoxy groups -OCH3 is 2. The third-order valence-corrected chi connectivity index (χ3v) is 9.25. The van der Waals surface area contributed by atoms with Crippen LogP contribution in [0.15, 0.2) is 23.2 Å². The van der Waals surface area contributed by atoms with Gasteiger partial charge in [-0.1, -0.05) is 12.2 Å². The number of nitrogens with zero attached hydrogens (tertiary/aromatic N) is 6. The number of urea groups is 2. The highest BCUT2D eigenvalue weighted by molar-refractivity contribution is 7.81. The topological polar surface area (TPSA) is 178 Å². The Balaban J connectivity index is 1.24. The van der Waals surface area contributed by atoms with Crippen molar-refractivity contribution in [2.45, 2.75) is 12.1 Å². The Kier molecular flexibility index (Phi) is 6.77. The number of rotatable bonds is 8. The summed E-state index contributed by atoms with van der Waals surface area (Å²) in [5.74, 6) is -1.38. The first-order chi connectivity index (χ1) is 19.6. The zero-order valence-corrected chi connectivity index (χ0v) is 23.7. The van der Waals surface area contributed by atoms with Gasteiger partial charge in [-0.2, -0.15) is 18.5 Å². The SMILES string of the molecule is COC(=O)c1ncsc1C1=CCN2CC1N(OS(=O)(=O)ON1C(=O)N3CC=C(c4scnc4C(=O)OC)C1C3)C2=O. The zero-order valence-electron chi connectivity index (χ0n) is 21.3. The van der Waals surface area contributed by atoms with Gasteiger partial charge in [0.15, 0.2) is 11.4 Å². The van der Waals surface area contributed by atoms with E-state index in [2.05, 4.69) is 9.97 Å². The van der Waals surface area contributed by atoms with Gasteiger partial charge in [0.2, 0.25) is 0 Å². The van der Waals surface area contributed by atoms with Gasteiger partial charge in [0.05, 0.1) is 48.1 Å². The molecule has 4 aliphatic rings. The Morgan fingerprint density at radius 1 is 0.805 bits per heavy atom. The van der Waals surface area contributed by atoms with E-state index in [1.54, 1.807) is 12.2 Å². The lowest BCUT2D eigenvalue weighted by Gasteiger charge is -2.26. The fourth-order valence-electron chi connectivity index (χ4n) is 4.96. The zero-order chi connectivity index (χ0) is 29.1. The molecule has 2 aromatic rings. The summed E-state index contributed by atoms with van der Waals surface area (Å²) in [6.45, 7) is 0.423. The fourth-order valence-corrected chi connectivity index (χ4v) is 7.45. The normalized spacial score (nSPS) is 21.8. The monoisotopic (exact) mass is 624 g/mol. The molecule has 4 aliphatic heterocycles. The maximum atomic E-state index is 13.2. The van der Waals surface area contributed by atoms with E-state index in [0.717, 1.165) is 22.7 Å². The predicted molar refractivity (Wildman–Crippen MR) is 139 cm³/mol. The minimum atomic E-state index is -5.04. The van der Waals surface area contributed by atoms with Crippen molar-refractivity contribution in [3.63, 3.8) is 0 Å². The number of esters is 2. The summed E-state index contributed by atoms with van der Waals surface area (Å²) in [4.78, 5) is 62.0. The van der Waals surface area contributed by atoms with Gasteiger partial charge in [0.25, 0.3) is 0 Å². The molecule has 16 nitrogen and oxygen atoms in total. The predicted octanol–water partition coefficient (Wildman–Crippen LogP) is 0.987. The largest absolute Gasteiger partial charge is 0.464 e. The van der Waals surface area contributed by atoms with Gasteiger partial charge < -0.3 is 19.3 Å². The molecule has 2 fully saturated rings. The molecule has 0 aliphatic carbocycles. The van der Waals surface area contributed by atoms with Gasteiger partial charge in [-0.25, -0.2) is 29.1 Å². The molecule has 6 heterocycles. The van der Waals surface area contributed by atoms with Gasteiger partial charge in [-0.05, 0) is 11.1 Å². The molecule has 6 rings (SSSR count). The van der Waals surface area contributed by atoms with E-state index in [1.165, 1.54) is 35.0 Å². The lowest BCUT2D eigenvalue weighted by Crippen LogP contribution is -2.41. The van der Waals surface area contributed by atoms with E-state index < -0.39 is 46.5 Å². The summed E-state index contributed by atoms with van der Waals surface area (Å²) in [5.41, 5.74) is 3.82. The van der Waals surface area contributed by atoms with Crippen molar-refractivity contribution < 1.29 is 45.6 Å². The highest BCUT2D eigenvalue weighted by Gasteiger charge is 2.50. The van der Waals surface area contributed by atoms with Crippen molar-refractivity contribution in [3.05, 3.63) is 44.3 Å². The Hall–Kier alpha value is -3.91. The molecule has 2 saturated heterocycles. The van der Waals surface area contributed by atoms with Crippen LogP contribution in [0.1, 0.15) is 30.7 Å². The lowest BCUT2D eigenvalue weighted by atomic mass is 10.0. The highest BCUT2D eigenvalue weighted by Crippen LogP contribution is 2.39. The number of aromatic nitrogens is 2. The standard InChI is InChI=1S/C22H20N6O10S3/c1-35-19(29)15-17(39-9-23-15)11-3-5-25-7-13(11)27(21(25)31)37-41(33,34)38-28-14-8-26(22(28)32)6-4-12(14)18-16(20(30)36-2)24-10-40-18/h3-4,9-10,13-14H,5-8H2,1-2H3. The van der Waals surface area contributed by atoms with Crippen molar-refractivity contribution >= 4 is 68.2 Å². The van der Waals surface area contributed by atoms with Gasteiger partial charge in [0, 0.05) is 13.1 Å². The molecule has 2 aromatic heterocycles. The van der Waals surface area contributed by atoms with Crippen LogP contribution >= 0.6 is 22.7 Å². The van der Waals surface area contributed by atoms with Crippen LogP contribution in [0.25, 0.3) is 11.1 Å². The van der Waals surface area contributed by atoms with Crippen molar-refractivity contribution in [2.75, 3.05) is 40.4 Å². The lowest BCUT2D eigenvalue weighted by molar-refractivity contribution is -0.0701. The van der Waals surface area contributed by atoms with Crippen LogP contribution in [0.4, 0.5) is 9.59 Å². The number of hydroxylamine groups is 4. The molecule has 0 aromatic carbocycles. The molecule has 4 bridgehead atoms. The Morgan fingerprint density at radius 3 is 1.61 bits per heavy atom. The molecule has 0 saturated carbocycles. The van der Waals surface area contributed by atoms with Crippen molar-refractivity contribution in [1.29, 1.82) is 0 Å². The van der Waals surface area contributed by atoms with Crippen molar-refractivity contribution in [2.24, 2.45) is 0 Å². The van der Waals surface area contributed by atoms with E-state index >= 15 is 0 Å². The van der Waals surface area contributed by atoms with Crippen molar-refractivity contribution in [1.82, 2.24) is 29.9 Å². The minimum absolute atomic E-state index is 0.0216. The Morgan fingerprint density at radius 2 is 1.22 bits per heavy atom. The molecule has 2 unspecified atom stereocenters. The van der Waals surface area contributed by atoms with Crippen LogP contribution in [-0.4, -0.2) is 115 Å². The highest BCUT2D eigenvalue weighted by atomic mass is 32.3. The molecular formula is C22H20N6O10S3. The van der Waals surface area contributed by atoms with Gasteiger partial charge in [-0.3, -0.25) is 0 Å². The number of amides is 4. The number of thiazole rings is 2. The maximum Gasteiger partial charge on any atom is 0.442 e. The second kappa shape index (κ2) is 10.2. The van der Waals surface area contributed by atoms with Crippen LogP contribution < -0.4 is 0 Å². The van der Waals surface area contributed by atoms with Crippen LogP contribution in [0, 0.1) is 0 Å². The van der Waals surface area contributed by atoms with Crippen molar-refractivity contribution in [3.8, 4) is 0 Å². The summed E-state index contributed by atoms with van der Waals surface area (Å²) >= 11 is 2.25. The molecule has 0 radical (unpaired) electrons. The summed E-state index contributed by atoms with van der Waals surface area (Å²) in [6.07, 6.45) is 3.35. The molecule has 0 N–H and O–H groups in total. The maximum absolute atomic E-state index is 13.2. The molecule has 2 atom stereocenters. The van der Waals surface area contributed by atoms with Crippen LogP contribution in [0.5, 0.6) is 0 Å². The molecule has 19 heteroatoms. The molecule has 4 amide bonds. The minimum Gasteiger partial charge on any atom is -0.464 e. The second-order valence-electron chi connectivity index (χ2n) is 8.98. The quantitative estimate of drug-likeness (QED) is 0.381. The van der Waals surface area contributed by atoms with E-state index in [9.17, 15) is 27.6 Å². The molecule has 0 spiro atoms. The van der Waals surface area contributed by atoms with Crippen LogP contribution in [0.2, 0.25) is 0 Å². The summed E-state index contributed by atoms with van der Waals surface area (Å²) < 4.78 is 46.2. The summed E-state index contributed by atoms with van der Waals surface area (Å²) in [5, 5.41) is 1.27. The van der Waals surface area contributed by atoms with E-state index in [4.69, 9.17) is 18.0 Å². The van der Waals surface area contributed by atoms with E-state index in [1.807, 2.05) is 0 Å². The molecular weight excluding hydrogens is 604 g/mol. The number of fused-ring (bicyclic) bond motifs is 4. The molecule has 41 heavy (non-hydrogen) atoms. The molecule has 216 valence electrons. The Bertz CT molecular complexity index is 1520. The average molecular weight is 625 g/mol. The third kappa shape index (κ3) is 4.54. The van der Waals surface area contributed by atoms with Crippen LogP contribution in [-0.2, 0) is 28.4 Å². The number of ether oxygens (including phenoxy) is 2. The fraction of sp³-hybridized carbons (Fsp3) is 0.364. The van der Waals surface area contributed by atoms with Crippen LogP contribution in [0.3, 0.4) is 0 Å². The number of carbonyl (C=O) groups excluding carboxylic acids is 4. The first-order valence-corrected chi connectivity index (χ1v) is 15.0. The number of carbonyl (C=O) groups is 4. The summed E-state index contributed by atoms with van der Waals surface area (Å²) in [7, 11) is -2.63. The third-order valence-electron chi connectivity index (χ3n) is 6.81. The number of hydrogen-bond donors (Lipinski definition) is 0. The van der Waals surface area contributed by atoms with E-state index in [0.29, 0.717) is 31.0 Å². The summed E-state index contributed by atoms with van der Waals surface area (Å²) in [6, 6.07) is -3.35. The first kappa shape index (κ1) is 27.3. The van der Waals surface area contributed by atoms with Gasteiger partial charge in [0.1, 0.15) is 12.1 Å². The van der Waals surface area contributed by atoms with E-state index in [-0.39, 0.29) is 37.6 Å². The van der Waals surface area contributed by atoms with Gasteiger partial charge in [-0.15, -0.1) is 31.2 Å². The number of hydrogen-bond acceptors (Lipinski definition) is 14. The van der Waals surface area contributed by atoms with Gasteiger partial charge >= 0.3 is 34.4 Å². The first-order valence-electron chi connectivity index (χ1n) is 11.9.